The number of ether oxygens (including phenoxy) is 1. The van der Waals surface area contributed by atoms with Gasteiger partial charge in [0, 0.05) is 18.0 Å². The van der Waals surface area contributed by atoms with E-state index in [0.29, 0.717) is 6.61 Å². The zero-order valence-electron chi connectivity index (χ0n) is 18.1. The second-order valence-corrected chi connectivity index (χ2v) is 7.64. The van der Waals surface area contributed by atoms with Gasteiger partial charge in [0.2, 0.25) is 0 Å². The summed E-state index contributed by atoms with van der Waals surface area (Å²) in [5.74, 6) is 5.30. The standard InChI is InChI=1S/C27H24N2O3/c1-3-6-22(16-27(30)31)21-9-11-23(12-10-21)32-18-20-13-14-29-17-25(28-26(29)15-20)24-8-5-4-7-19(24)2/h4-5,7-15,17,22H,16,18H2,1-2H3,(H,30,31). The third-order valence-electron chi connectivity index (χ3n) is 5.33. The summed E-state index contributed by atoms with van der Waals surface area (Å²) in [7, 11) is 0. The molecule has 1 N–H and O–H groups in total. The number of aromatic nitrogens is 2. The molecule has 0 spiro atoms. The monoisotopic (exact) mass is 424 g/mol. The van der Waals surface area contributed by atoms with E-state index < -0.39 is 5.97 Å². The van der Waals surface area contributed by atoms with Crippen molar-refractivity contribution in [3.8, 4) is 28.8 Å². The van der Waals surface area contributed by atoms with Crippen molar-refractivity contribution < 1.29 is 14.6 Å². The van der Waals surface area contributed by atoms with Gasteiger partial charge in [0.25, 0.3) is 0 Å². The number of carboxylic acid groups (broad SMARTS) is 1. The molecule has 32 heavy (non-hydrogen) atoms. The summed E-state index contributed by atoms with van der Waals surface area (Å²) in [6.07, 6.45) is 4.01. The van der Waals surface area contributed by atoms with Crippen molar-refractivity contribution in [3.05, 3.63) is 89.7 Å². The number of carboxylic acids is 1. The lowest BCUT2D eigenvalue weighted by atomic mass is 9.96. The van der Waals surface area contributed by atoms with Crippen molar-refractivity contribution in [1.82, 2.24) is 9.38 Å². The summed E-state index contributed by atoms with van der Waals surface area (Å²) in [6.45, 7) is 4.21. The summed E-state index contributed by atoms with van der Waals surface area (Å²) < 4.78 is 7.95. The van der Waals surface area contributed by atoms with Gasteiger partial charge < -0.3 is 14.2 Å². The van der Waals surface area contributed by atoms with E-state index in [0.717, 1.165) is 33.8 Å². The first-order valence-electron chi connectivity index (χ1n) is 10.4. The van der Waals surface area contributed by atoms with Crippen LogP contribution in [0.3, 0.4) is 0 Å². The molecule has 0 aliphatic heterocycles. The number of pyridine rings is 1. The van der Waals surface area contributed by atoms with E-state index in [2.05, 4.69) is 30.9 Å². The molecule has 2 aromatic heterocycles. The maximum atomic E-state index is 11.1. The predicted molar refractivity (Wildman–Crippen MR) is 125 cm³/mol. The fourth-order valence-electron chi connectivity index (χ4n) is 3.67. The number of carbonyl (C=O) groups is 1. The van der Waals surface area contributed by atoms with Gasteiger partial charge in [0.05, 0.1) is 18.0 Å². The Morgan fingerprint density at radius 3 is 2.66 bits per heavy atom. The van der Waals surface area contributed by atoms with Crippen LogP contribution in [0, 0.1) is 18.8 Å². The minimum absolute atomic E-state index is 0.0180. The highest BCUT2D eigenvalue weighted by Gasteiger charge is 2.13. The van der Waals surface area contributed by atoms with Crippen molar-refractivity contribution in [2.75, 3.05) is 0 Å². The van der Waals surface area contributed by atoms with E-state index in [1.54, 1.807) is 6.92 Å². The molecule has 1 unspecified atom stereocenters. The molecule has 0 aliphatic rings. The third-order valence-corrected chi connectivity index (χ3v) is 5.33. The quantitative estimate of drug-likeness (QED) is 0.400. The first-order chi connectivity index (χ1) is 15.5. The van der Waals surface area contributed by atoms with E-state index in [4.69, 9.17) is 14.8 Å². The lowest BCUT2D eigenvalue weighted by Gasteiger charge is -2.11. The molecular formula is C27H24N2O3. The van der Waals surface area contributed by atoms with Crippen LogP contribution in [0.1, 0.15) is 36.0 Å². The lowest BCUT2D eigenvalue weighted by Crippen LogP contribution is -2.04. The number of imidazole rings is 1. The van der Waals surface area contributed by atoms with Gasteiger partial charge in [-0.25, -0.2) is 4.98 Å². The third kappa shape index (κ3) is 4.81. The van der Waals surface area contributed by atoms with Gasteiger partial charge in [0.1, 0.15) is 18.0 Å². The van der Waals surface area contributed by atoms with Crippen LogP contribution in [-0.4, -0.2) is 20.5 Å². The van der Waals surface area contributed by atoms with Crippen molar-refractivity contribution in [1.29, 1.82) is 0 Å². The van der Waals surface area contributed by atoms with Crippen LogP contribution in [0.25, 0.3) is 16.9 Å². The zero-order chi connectivity index (χ0) is 22.5. The van der Waals surface area contributed by atoms with Gasteiger partial charge >= 0.3 is 5.97 Å². The Morgan fingerprint density at radius 1 is 1.16 bits per heavy atom. The molecule has 0 amide bonds. The van der Waals surface area contributed by atoms with Gasteiger partial charge in [0.15, 0.2) is 0 Å². The van der Waals surface area contributed by atoms with E-state index in [-0.39, 0.29) is 12.3 Å². The molecule has 4 rings (SSSR count). The minimum Gasteiger partial charge on any atom is -0.489 e. The van der Waals surface area contributed by atoms with Crippen LogP contribution in [0.2, 0.25) is 0 Å². The molecule has 1 atom stereocenters. The number of nitrogens with zero attached hydrogens (tertiary/aromatic N) is 2. The average Bonchev–Trinajstić information content (AvgIpc) is 3.21. The van der Waals surface area contributed by atoms with Crippen LogP contribution >= 0.6 is 0 Å². The summed E-state index contributed by atoms with van der Waals surface area (Å²) in [5, 5.41) is 9.09. The first-order valence-corrected chi connectivity index (χ1v) is 10.4. The van der Waals surface area contributed by atoms with Crippen molar-refractivity contribution in [3.63, 3.8) is 0 Å². The molecule has 0 fully saturated rings. The number of aliphatic carboxylic acids is 1. The Morgan fingerprint density at radius 2 is 1.94 bits per heavy atom. The Balaban J connectivity index is 1.46. The molecule has 0 bridgehead atoms. The number of benzene rings is 2. The number of fused-ring (bicyclic) bond motifs is 1. The summed E-state index contributed by atoms with van der Waals surface area (Å²) in [5.41, 5.74) is 6.03. The molecule has 0 saturated carbocycles. The highest BCUT2D eigenvalue weighted by atomic mass is 16.5. The SMILES string of the molecule is CC#CC(CC(=O)O)c1ccc(OCc2ccn3cc(-c4ccccc4C)nc3c2)cc1. The summed E-state index contributed by atoms with van der Waals surface area (Å²) >= 11 is 0. The number of hydrogen-bond acceptors (Lipinski definition) is 3. The van der Waals surface area contributed by atoms with Crippen LogP contribution in [-0.2, 0) is 11.4 Å². The summed E-state index contributed by atoms with van der Waals surface area (Å²) in [6, 6.07) is 19.7. The van der Waals surface area contributed by atoms with Crippen LogP contribution in [0.5, 0.6) is 5.75 Å². The second-order valence-electron chi connectivity index (χ2n) is 7.64. The highest BCUT2D eigenvalue weighted by Crippen LogP contribution is 2.24. The average molecular weight is 425 g/mol. The fourth-order valence-corrected chi connectivity index (χ4v) is 3.67. The van der Waals surface area contributed by atoms with E-state index in [1.807, 2.05) is 65.3 Å². The predicted octanol–water partition coefficient (Wildman–Crippen LogP) is 5.47. The molecule has 5 nitrogen and oxygen atoms in total. The molecular weight excluding hydrogens is 400 g/mol. The fraction of sp³-hybridized carbons (Fsp3) is 0.185. The lowest BCUT2D eigenvalue weighted by molar-refractivity contribution is -0.137. The molecule has 5 heteroatoms. The van der Waals surface area contributed by atoms with Gasteiger partial charge in [-0.05, 0) is 54.8 Å². The maximum absolute atomic E-state index is 11.1. The molecule has 4 aromatic rings. The number of aryl methyl sites for hydroxylation is 1. The second kappa shape index (κ2) is 9.40. The zero-order valence-corrected chi connectivity index (χ0v) is 18.1. The van der Waals surface area contributed by atoms with Crippen molar-refractivity contribution >= 4 is 11.6 Å². The maximum Gasteiger partial charge on any atom is 0.304 e. The largest absolute Gasteiger partial charge is 0.489 e. The van der Waals surface area contributed by atoms with Gasteiger partial charge in [-0.15, -0.1) is 5.92 Å². The summed E-state index contributed by atoms with van der Waals surface area (Å²) in [4.78, 5) is 15.9. The molecule has 2 heterocycles. The molecule has 2 aromatic carbocycles. The van der Waals surface area contributed by atoms with Crippen LogP contribution in [0.15, 0.2) is 73.1 Å². The van der Waals surface area contributed by atoms with Crippen molar-refractivity contribution in [2.24, 2.45) is 0 Å². The smallest absolute Gasteiger partial charge is 0.304 e. The number of hydrogen-bond donors (Lipinski definition) is 1. The van der Waals surface area contributed by atoms with Crippen molar-refractivity contribution in [2.45, 2.75) is 32.8 Å². The van der Waals surface area contributed by atoms with Crippen LogP contribution < -0.4 is 4.74 Å². The number of rotatable bonds is 7. The highest BCUT2D eigenvalue weighted by molar-refractivity contribution is 5.69. The van der Waals surface area contributed by atoms with E-state index in [9.17, 15) is 4.79 Å². The Labute approximate surface area is 187 Å². The topological polar surface area (TPSA) is 63.8 Å². The van der Waals surface area contributed by atoms with Gasteiger partial charge in [-0.2, -0.15) is 0 Å². The van der Waals surface area contributed by atoms with Crippen LogP contribution in [0.4, 0.5) is 0 Å². The van der Waals surface area contributed by atoms with Gasteiger partial charge in [-0.1, -0.05) is 42.3 Å². The Hall–Kier alpha value is -4.04. The van der Waals surface area contributed by atoms with E-state index in [1.165, 1.54) is 5.56 Å². The van der Waals surface area contributed by atoms with Gasteiger partial charge in [-0.3, -0.25) is 4.79 Å². The van der Waals surface area contributed by atoms with E-state index >= 15 is 0 Å². The first kappa shape index (κ1) is 21.2. The molecule has 160 valence electrons. The molecule has 0 radical (unpaired) electrons. The molecule has 0 aliphatic carbocycles. The Kier molecular flexibility index (Phi) is 6.23. The normalized spacial score (nSPS) is 11.6. The molecule has 0 saturated heterocycles. The minimum atomic E-state index is -0.863. The Bertz CT molecular complexity index is 1310.